The summed E-state index contributed by atoms with van der Waals surface area (Å²) in [4.78, 5) is 26.7. The first-order valence-electron chi connectivity index (χ1n) is 8.29. The van der Waals surface area contributed by atoms with Crippen LogP contribution in [-0.2, 0) is 16.1 Å². The Bertz CT molecular complexity index is 584. The summed E-state index contributed by atoms with van der Waals surface area (Å²) in [5.41, 5.74) is 0.312. The third kappa shape index (κ3) is 3.87. The van der Waals surface area contributed by atoms with Crippen LogP contribution in [0.15, 0.2) is 24.3 Å². The molecule has 2 amide bonds. The summed E-state index contributed by atoms with van der Waals surface area (Å²) < 4.78 is 5.13. The average Bonchev–Trinajstić information content (AvgIpc) is 3.10. The van der Waals surface area contributed by atoms with Crippen LogP contribution in [0.5, 0.6) is 5.75 Å². The van der Waals surface area contributed by atoms with Crippen molar-refractivity contribution in [3.8, 4) is 5.75 Å². The summed E-state index contributed by atoms with van der Waals surface area (Å²) in [5, 5.41) is 5.67. The number of rotatable bonds is 6. The van der Waals surface area contributed by atoms with E-state index < -0.39 is 5.54 Å². The van der Waals surface area contributed by atoms with Crippen molar-refractivity contribution in [1.82, 2.24) is 15.5 Å². The number of carbonyl (C=O) groups is 2. The topological polar surface area (TPSA) is 70.7 Å². The third-order valence-electron chi connectivity index (χ3n) is 4.68. The first kappa shape index (κ1) is 18.3. The molecule has 0 aliphatic carbocycles. The van der Waals surface area contributed by atoms with Crippen molar-refractivity contribution >= 4 is 11.8 Å². The fraction of sp³-hybridized carbons (Fsp3) is 0.556. The van der Waals surface area contributed by atoms with Crippen molar-refractivity contribution in [3.63, 3.8) is 0 Å². The molecule has 1 aliphatic rings. The number of benzene rings is 1. The van der Waals surface area contributed by atoms with Crippen LogP contribution in [0, 0.1) is 0 Å². The molecule has 1 fully saturated rings. The number of likely N-dealkylation sites (N-methyl/N-ethyl adjacent to an activating group) is 1. The third-order valence-corrected chi connectivity index (χ3v) is 4.68. The van der Waals surface area contributed by atoms with Gasteiger partial charge in [0.2, 0.25) is 11.8 Å². The second kappa shape index (κ2) is 7.66. The summed E-state index contributed by atoms with van der Waals surface area (Å²) in [7, 11) is 3.25. The lowest BCUT2D eigenvalue weighted by molar-refractivity contribution is -0.136. The molecule has 1 atom stereocenters. The minimum atomic E-state index is -0.701. The maximum atomic E-state index is 12.6. The molecule has 6 heteroatoms. The molecule has 24 heavy (non-hydrogen) atoms. The molecule has 0 aromatic heterocycles. The molecular weight excluding hydrogens is 306 g/mol. The van der Waals surface area contributed by atoms with E-state index in [1.807, 2.05) is 43.0 Å². The molecule has 0 bridgehead atoms. The zero-order chi connectivity index (χ0) is 17.7. The van der Waals surface area contributed by atoms with E-state index in [2.05, 4.69) is 10.6 Å². The molecule has 2 rings (SSSR count). The molecule has 0 radical (unpaired) electrons. The molecule has 2 N–H and O–H groups in total. The SMILES string of the molecule is CNC(=O)C(C)(C)N1CCCC1C(=O)NCc1ccc(OC)cc1. The van der Waals surface area contributed by atoms with Gasteiger partial charge in [0.15, 0.2) is 0 Å². The standard InChI is InChI=1S/C18H27N3O3/c1-18(2,17(23)19-3)21-11-5-6-15(21)16(22)20-12-13-7-9-14(24-4)10-8-13/h7-10,15H,5-6,11-12H2,1-4H3,(H,19,23)(H,20,22). The van der Waals surface area contributed by atoms with Crippen LogP contribution in [0.2, 0.25) is 0 Å². The maximum absolute atomic E-state index is 12.6. The summed E-state index contributed by atoms with van der Waals surface area (Å²) in [6.07, 6.45) is 1.69. The highest BCUT2D eigenvalue weighted by Crippen LogP contribution is 2.27. The number of likely N-dealkylation sites (tertiary alicyclic amines) is 1. The van der Waals surface area contributed by atoms with E-state index in [0.717, 1.165) is 30.7 Å². The van der Waals surface area contributed by atoms with Gasteiger partial charge in [0, 0.05) is 20.1 Å². The highest BCUT2D eigenvalue weighted by molar-refractivity contribution is 5.87. The van der Waals surface area contributed by atoms with Crippen LogP contribution >= 0.6 is 0 Å². The number of hydrogen-bond donors (Lipinski definition) is 2. The van der Waals surface area contributed by atoms with E-state index in [1.54, 1.807) is 14.2 Å². The van der Waals surface area contributed by atoms with Gasteiger partial charge in [-0.3, -0.25) is 14.5 Å². The molecule has 1 aliphatic heterocycles. The molecule has 1 unspecified atom stereocenters. The summed E-state index contributed by atoms with van der Waals surface area (Å²) in [6, 6.07) is 7.34. The van der Waals surface area contributed by atoms with Crippen molar-refractivity contribution in [2.24, 2.45) is 0 Å². The zero-order valence-electron chi connectivity index (χ0n) is 14.9. The minimum absolute atomic E-state index is 0.0275. The van der Waals surface area contributed by atoms with Crippen molar-refractivity contribution in [2.75, 3.05) is 20.7 Å². The number of nitrogens with zero attached hydrogens (tertiary/aromatic N) is 1. The van der Waals surface area contributed by atoms with Gasteiger partial charge in [0.1, 0.15) is 5.75 Å². The summed E-state index contributed by atoms with van der Waals surface area (Å²) >= 11 is 0. The van der Waals surface area contributed by atoms with Gasteiger partial charge in [-0.05, 0) is 44.4 Å². The number of nitrogens with one attached hydrogen (secondary N) is 2. The predicted molar refractivity (Wildman–Crippen MR) is 92.7 cm³/mol. The van der Waals surface area contributed by atoms with E-state index in [1.165, 1.54) is 0 Å². The van der Waals surface area contributed by atoms with Crippen LogP contribution in [-0.4, -0.2) is 49.0 Å². The number of hydrogen-bond acceptors (Lipinski definition) is 4. The molecule has 0 spiro atoms. The van der Waals surface area contributed by atoms with Gasteiger partial charge >= 0.3 is 0 Å². The maximum Gasteiger partial charge on any atom is 0.239 e. The molecule has 1 saturated heterocycles. The highest BCUT2D eigenvalue weighted by atomic mass is 16.5. The van der Waals surface area contributed by atoms with Crippen molar-refractivity contribution in [1.29, 1.82) is 0 Å². The monoisotopic (exact) mass is 333 g/mol. The van der Waals surface area contributed by atoms with Crippen molar-refractivity contribution in [2.45, 2.75) is 44.8 Å². The number of ether oxygens (including phenoxy) is 1. The Balaban J connectivity index is 1.98. The quantitative estimate of drug-likeness (QED) is 0.823. The van der Waals surface area contributed by atoms with Gasteiger partial charge < -0.3 is 15.4 Å². The fourth-order valence-electron chi connectivity index (χ4n) is 3.20. The Kier molecular flexibility index (Phi) is 5.83. The number of amides is 2. The second-order valence-corrected chi connectivity index (χ2v) is 6.56. The molecule has 0 saturated carbocycles. The van der Waals surface area contributed by atoms with E-state index >= 15 is 0 Å². The zero-order valence-corrected chi connectivity index (χ0v) is 14.9. The van der Waals surface area contributed by atoms with Crippen LogP contribution in [0.4, 0.5) is 0 Å². The Hall–Kier alpha value is -2.08. The van der Waals surface area contributed by atoms with Gasteiger partial charge in [0.25, 0.3) is 0 Å². The molecular formula is C18H27N3O3. The Labute approximate surface area is 143 Å². The predicted octanol–water partition coefficient (Wildman–Crippen LogP) is 1.30. The van der Waals surface area contributed by atoms with Gasteiger partial charge in [0.05, 0.1) is 18.7 Å². The van der Waals surface area contributed by atoms with Gasteiger partial charge in [-0.25, -0.2) is 0 Å². The summed E-state index contributed by atoms with van der Waals surface area (Å²) in [6.45, 7) is 4.94. The van der Waals surface area contributed by atoms with Crippen molar-refractivity contribution in [3.05, 3.63) is 29.8 Å². The Morgan fingerprint density at radius 2 is 1.96 bits per heavy atom. The van der Waals surface area contributed by atoms with Gasteiger partial charge in [-0.2, -0.15) is 0 Å². The first-order valence-corrected chi connectivity index (χ1v) is 8.29. The Morgan fingerprint density at radius 1 is 1.29 bits per heavy atom. The highest BCUT2D eigenvalue weighted by Gasteiger charge is 2.43. The normalized spacial score (nSPS) is 18.2. The second-order valence-electron chi connectivity index (χ2n) is 6.56. The van der Waals surface area contributed by atoms with Gasteiger partial charge in [-0.15, -0.1) is 0 Å². The molecule has 6 nitrogen and oxygen atoms in total. The number of carbonyl (C=O) groups excluding carboxylic acids is 2. The largest absolute Gasteiger partial charge is 0.497 e. The van der Waals surface area contributed by atoms with E-state index in [9.17, 15) is 9.59 Å². The summed E-state index contributed by atoms with van der Waals surface area (Å²) in [5.74, 6) is 0.692. The molecule has 132 valence electrons. The van der Waals surface area contributed by atoms with E-state index in [4.69, 9.17) is 4.74 Å². The molecule has 1 aromatic carbocycles. The lowest BCUT2D eigenvalue weighted by Gasteiger charge is -2.37. The fourth-order valence-corrected chi connectivity index (χ4v) is 3.20. The Morgan fingerprint density at radius 3 is 2.54 bits per heavy atom. The number of methoxy groups -OCH3 is 1. The van der Waals surface area contributed by atoms with Crippen LogP contribution in [0.25, 0.3) is 0 Å². The molecule has 1 heterocycles. The minimum Gasteiger partial charge on any atom is -0.497 e. The molecule has 1 aromatic rings. The van der Waals surface area contributed by atoms with Crippen LogP contribution in [0.3, 0.4) is 0 Å². The van der Waals surface area contributed by atoms with E-state index in [-0.39, 0.29) is 17.9 Å². The lowest BCUT2D eigenvalue weighted by atomic mass is 10.00. The average molecular weight is 333 g/mol. The lowest BCUT2D eigenvalue weighted by Crippen LogP contribution is -2.58. The van der Waals surface area contributed by atoms with E-state index in [0.29, 0.717) is 6.54 Å². The smallest absolute Gasteiger partial charge is 0.239 e. The van der Waals surface area contributed by atoms with Gasteiger partial charge in [-0.1, -0.05) is 12.1 Å². The van der Waals surface area contributed by atoms with Crippen LogP contribution in [0.1, 0.15) is 32.3 Å². The van der Waals surface area contributed by atoms with Crippen LogP contribution < -0.4 is 15.4 Å². The first-order chi connectivity index (χ1) is 11.4. The van der Waals surface area contributed by atoms with Crippen molar-refractivity contribution < 1.29 is 14.3 Å².